The summed E-state index contributed by atoms with van der Waals surface area (Å²) in [6, 6.07) is 17.7. The van der Waals surface area contributed by atoms with E-state index in [9.17, 15) is 9.36 Å². The Kier molecular flexibility index (Phi) is 9.37. The van der Waals surface area contributed by atoms with Gasteiger partial charge in [-0.2, -0.15) is 5.10 Å². The van der Waals surface area contributed by atoms with Crippen LogP contribution >= 0.6 is 7.80 Å². The molecule has 1 unspecified atom stereocenters. The minimum absolute atomic E-state index is 0.148. The van der Waals surface area contributed by atoms with Crippen molar-refractivity contribution < 1.29 is 18.8 Å². The molecule has 1 amide bonds. The molecule has 7 nitrogen and oxygen atoms in total. The van der Waals surface area contributed by atoms with Gasteiger partial charge in [0.05, 0.1) is 6.61 Å². The van der Waals surface area contributed by atoms with E-state index in [1.54, 1.807) is 36.8 Å². The van der Waals surface area contributed by atoms with E-state index in [1.807, 2.05) is 25.1 Å². The number of ether oxygens (including phenoxy) is 2. The zero-order valence-electron chi connectivity index (χ0n) is 20.2. The number of anilines is 1. The molecule has 1 aromatic heterocycles. The van der Waals surface area contributed by atoms with Gasteiger partial charge in [-0.1, -0.05) is 41.8 Å². The summed E-state index contributed by atoms with van der Waals surface area (Å²) < 4.78 is 24.2. The number of carbonyl (C=O) groups is 1. The highest BCUT2D eigenvalue weighted by atomic mass is 31.1. The molecule has 180 valence electrons. The number of benzene rings is 2. The molecule has 3 atom stereocenters. The molecule has 1 N–H and O–H groups in total. The topological polar surface area (TPSA) is 82.5 Å². The average Bonchev–Trinajstić information content (AvgIpc) is 3.20. The van der Waals surface area contributed by atoms with Crippen LogP contribution in [0.25, 0.3) is 0 Å². The zero-order chi connectivity index (χ0) is 24.5. The summed E-state index contributed by atoms with van der Waals surface area (Å²) in [6.45, 7) is 6.23. The molecule has 3 rings (SSSR count). The van der Waals surface area contributed by atoms with Crippen LogP contribution in [-0.2, 0) is 28.4 Å². The van der Waals surface area contributed by atoms with Gasteiger partial charge in [0.1, 0.15) is 18.5 Å². The molecule has 1 heterocycles. The monoisotopic (exact) mass is 482 g/mol. The van der Waals surface area contributed by atoms with Crippen LogP contribution in [0.15, 0.2) is 60.8 Å². The summed E-state index contributed by atoms with van der Waals surface area (Å²) in [5.41, 5.74) is 2.82. The molecule has 0 aliphatic carbocycles. The maximum Gasteiger partial charge on any atom is 0.358 e. The van der Waals surface area contributed by atoms with Crippen LogP contribution in [0.4, 0.5) is 5.82 Å². The number of aromatic nitrogens is 2. The van der Waals surface area contributed by atoms with E-state index in [0.29, 0.717) is 35.9 Å². The van der Waals surface area contributed by atoms with Gasteiger partial charge in [0.15, 0.2) is 5.82 Å². The van der Waals surface area contributed by atoms with E-state index in [2.05, 4.69) is 41.6 Å². The highest BCUT2D eigenvalue weighted by Crippen LogP contribution is 2.24. The molecule has 3 aromatic rings. The van der Waals surface area contributed by atoms with Crippen LogP contribution in [-0.4, -0.2) is 42.2 Å². The second-order valence-electron chi connectivity index (χ2n) is 8.71. The maximum absolute atomic E-state index is 13.0. The standard InChI is InChI=1S/C26H32N3O4P/c1-19(12-21-8-6-5-7-9-21)13-22-14-23(16-24(15-22)33-20(2)17-32-3)26(30)27-25-10-11-29(28-25)18-34(4)31/h5-11,14-16,19-20H,12-13,17-18H2,1-4H3/p+1/t19-,20-/m0/s1. The molecule has 2 aromatic carbocycles. The summed E-state index contributed by atoms with van der Waals surface area (Å²) in [5.74, 6) is 1.16. The van der Waals surface area contributed by atoms with Crippen LogP contribution in [0.3, 0.4) is 0 Å². The van der Waals surface area contributed by atoms with Gasteiger partial charge in [0.2, 0.25) is 6.29 Å². The van der Waals surface area contributed by atoms with Gasteiger partial charge in [-0.05, 0) is 55.0 Å². The Hall–Kier alpha value is -3.02. The van der Waals surface area contributed by atoms with Crippen molar-refractivity contribution in [2.45, 2.75) is 39.1 Å². The normalized spacial score (nSPS) is 13.2. The zero-order valence-corrected chi connectivity index (χ0v) is 21.1. The van der Waals surface area contributed by atoms with Gasteiger partial charge in [0, 0.05) is 24.9 Å². The van der Waals surface area contributed by atoms with Crippen LogP contribution in [0.2, 0.25) is 0 Å². The van der Waals surface area contributed by atoms with E-state index in [4.69, 9.17) is 9.47 Å². The van der Waals surface area contributed by atoms with E-state index in [-0.39, 0.29) is 12.0 Å². The Labute approximate surface area is 202 Å². The molecule has 0 spiro atoms. The number of rotatable bonds is 12. The van der Waals surface area contributed by atoms with E-state index < -0.39 is 7.80 Å². The first-order valence-electron chi connectivity index (χ1n) is 11.4. The highest BCUT2D eigenvalue weighted by Gasteiger charge is 2.16. The quantitative estimate of drug-likeness (QED) is 0.350. The third-order valence-corrected chi connectivity index (χ3v) is 5.89. The number of amides is 1. The number of nitrogens with zero attached hydrogens (tertiary/aromatic N) is 2. The van der Waals surface area contributed by atoms with Gasteiger partial charge in [-0.15, -0.1) is 0 Å². The van der Waals surface area contributed by atoms with Gasteiger partial charge in [-0.25, -0.2) is 4.68 Å². The number of nitrogens with one attached hydrogen (secondary N) is 1. The molecular formula is C26H33N3O4P+. The Morgan fingerprint density at radius 3 is 2.53 bits per heavy atom. The van der Waals surface area contributed by atoms with Crippen molar-refractivity contribution >= 4 is 19.5 Å². The van der Waals surface area contributed by atoms with Gasteiger partial charge >= 0.3 is 7.80 Å². The van der Waals surface area contributed by atoms with Gasteiger partial charge in [0.25, 0.3) is 5.91 Å². The highest BCUT2D eigenvalue weighted by molar-refractivity contribution is 7.42. The van der Waals surface area contributed by atoms with E-state index in [0.717, 1.165) is 18.4 Å². The number of carbonyl (C=O) groups excluding carboxylic acids is 1. The van der Waals surface area contributed by atoms with Crippen LogP contribution in [0.5, 0.6) is 5.75 Å². The molecule has 0 radical (unpaired) electrons. The lowest BCUT2D eigenvalue weighted by Gasteiger charge is -2.17. The maximum atomic E-state index is 13.0. The largest absolute Gasteiger partial charge is 0.488 e. The summed E-state index contributed by atoms with van der Waals surface area (Å²) in [4.78, 5) is 13.0. The molecule has 0 aliphatic heterocycles. The fourth-order valence-corrected chi connectivity index (χ4v) is 4.44. The average molecular weight is 483 g/mol. The minimum atomic E-state index is -1.36. The molecule has 0 bridgehead atoms. The number of hydrogen-bond donors (Lipinski definition) is 1. The second kappa shape index (κ2) is 12.4. The van der Waals surface area contributed by atoms with Crippen molar-refractivity contribution in [1.29, 1.82) is 0 Å². The first-order chi connectivity index (χ1) is 16.3. The molecule has 0 saturated heterocycles. The van der Waals surface area contributed by atoms with E-state index >= 15 is 0 Å². The first kappa shape index (κ1) is 25.6. The lowest BCUT2D eigenvalue weighted by Crippen LogP contribution is -2.19. The molecular weight excluding hydrogens is 449 g/mol. The van der Waals surface area contributed by atoms with Gasteiger partial charge < -0.3 is 14.8 Å². The summed E-state index contributed by atoms with van der Waals surface area (Å²) in [5, 5.41) is 7.11. The second-order valence-corrected chi connectivity index (χ2v) is 10.3. The molecule has 0 aliphatic rings. The van der Waals surface area contributed by atoms with Crippen LogP contribution < -0.4 is 10.1 Å². The lowest BCUT2D eigenvalue weighted by atomic mass is 9.93. The van der Waals surface area contributed by atoms with E-state index in [1.165, 1.54) is 5.56 Å². The predicted molar refractivity (Wildman–Crippen MR) is 135 cm³/mol. The molecule has 0 saturated carbocycles. The summed E-state index contributed by atoms with van der Waals surface area (Å²) in [7, 11) is 0.269. The summed E-state index contributed by atoms with van der Waals surface area (Å²) >= 11 is 0. The first-order valence-corrected chi connectivity index (χ1v) is 13.3. The molecule has 34 heavy (non-hydrogen) atoms. The van der Waals surface area contributed by atoms with Crippen molar-refractivity contribution in [3.8, 4) is 5.75 Å². The Morgan fingerprint density at radius 2 is 1.82 bits per heavy atom. The predicted octanol–water partition coefficient (Wildman–Crippen LogP) is 5.39. The van der Waals surface area contributed by atoms with Crippen LogP contribution in [0.1, 0.15) is 35.3 Å². The minimum Gasteiger partial charge on any atom is -0.488 e. The fourth-order valence-electron chi connectivity index (χ4n) is 3.87. The fraction of sp³-hybridized carbons (Fsp3) is 0.385. The number of hydrogen-bond acceptors (Lipinski definition) is 5. The SMILES string of the molecule is COC[C@H](C)Oc1cc(C[C@@H](C)Cc2ccccc2)cc(C(=O)Nc2ccn(C[P+](C)=O)n2)c1. The van der Waals surface area contributed by atoms with Crippen molar-refractivity contribution in [2.75, 3.05) is 25.7 Å². The van der Waals surface area contributed by atoms with Crippen molar-refractivity contribution in [1.82, 2.24) is 9.78 Å². The van der Waals surface area contributed by atoms with Crippen LogP contribution in [0, 0.1) is 5.92 Å². The number of methoxy groups -OCH3 is 1. The Bertz CT molecular complexity index is 1100. The third kappa shape index (κ3) is 8.08. The Morgan fingerprint density at radius 1 is 1.09 bits per heavy atom. The summed E-state index contributed by atoms with van der Waals surface area (Å²) in [6.07, 6.45) is 3.63. The third-order valence-electron chi connectivity index (χ3n) is 5.20. The lowest BCUT2D eigenvalue weighted by molar-refractivity contribution is 0.0916. The van der Waals surface area contributed by atoms with Gasteiger partial charge in [-0.3, -0.25) is 4.79 Å². The Balaban J connectivity index is 1.77. The smallest absolute Gasteiger partial charge is 0.358 e. The van der Waals surface area contributed by atoms with Crippen molar-refractivity contribution in [2.24, 2.45) is 5.92 Å². The van der Waals surface area contributed by atoms with Crippen molar-refractivity contribution in [3.63, 3.8) is 0 Å². The molecule has 8 heteroatoms. The van der Waals surface area contributed by atoms with Crippen molar-refractivity contribution in [3.05, 3.63) is 77.5 Å². The molecule has 0 fully saturated rings.